The lowest BCUT2D eigenvalue weighted by Gasteiger charge is -2.22. The molecule has 1 aromatic heterocycles. The van der Waals surface area contributed by atoms with E-state index in [9.17, 15) is 0 Å². The smallest absolute Gasteiger partial charge is 0.111 e. The van der Waals surface area contributed by atoms with E-state index in [0.29, 0.717) is 12.0 Å². The molecule has 284 valence electrons. The molecule has 0 spiro atoms. The summed E-state index contributed by atoms with van der Waals surface area (Å²) in [7, 11) is 0. The Morgan fingerprint density at radius 3 is 0.979 bits per heavy atom. The van der Waals surface area contributed by atoms with Crippen LogP contribution in [0.4, 0.5) is 0 Å². The van der Waals surface area contributed by atoms with E-state index in [1.54, 1.807) is 0 Å². The van der Waals surface area contributed by atoms with Crippen LogP contribution in [0.2, 0.25) is 0 Å². The fourth-order valence-corrected chi connectivity index (χ4v) is 7.95. The van der Waals surface area contributed by atoms with Gasteiger partial charge in [0.2, 0.25) is 0 Å². The first-order chi connectivity index (χ1) is 23.7. The molecule has 48 heavy (non-hydrogen) atoms. The Morgan fingerprint density at radius 1 is 0.396 bits per heavy atom. The summed E-state index contributed by atoms with van der Waals surface area (Å²) in [6, 6.07) is 0.586. The third-order valence-electron chi connectivity index (χ3n) is 11.3. The maximum absolute atomic E-state index is 5.05. The summed E-state index contributed by atoms with van der Waals surface area (Å²) in [5.41, 5.74) is 0. The summed E-state index contributed by atoms with van der Waals surface area (Å²) < 4.78 is 2.59. The molecule has 2 nitrogen and oxygen atoms in total. The number of unbranched alkanes of at least 4 members (excludes halogenated alkanes) is 31. The lowest BCUT2D eigenvalue weighted by Crippen LogP contribution is -2.13. The normalized spacial score (nSPS) is 13.0. The van der Waals surface area contributed by atoms with Gasteiger partial charge in [-0.3, -0.25) is 0 Å². The van der Waals surface area contributed by atoms with Crippen LogP contribution >= 0.6 is 0 Å². The third kappa shape index (κ3) is 27.0. The second kappa shape index (κ2) is 36.0. The SMILES string of the molecule is CCCCCCCCCCCCCCCCC(CCCCCCCCCCCCCC)c1nccn1C(C)CCCCCCCCCC. The van der Waals surface area contributed by atoms with E-state index in [4.69, 9.17) is 4.98 Å². The van der Waals surface area contributed by atoms with Crippen molar-refractivity contribution >= 4 is 0 Å². The minimum atomic E-state index is 0.586. The van der Waals surface area contributed by atoms with Crippen LogP contribution in [0.15, 0.2) is 12.4 Å². The van der Waals surface area contributed by atoms with Crippen molar-refractivity contribution in [2.24, 2.45) is 0 Å². The van der Waals surface area contributed by atoms with E-state index in [1.807, 2.05) is 0 Å². The zero-order chi connectivity index (χ0) is 34.6. The van der Waals surface area contributed by atoms with Crippen molar-refractivity contribution in [3.8, 4) is 0 Å². The van der Waals surface area contributed by atoms with Crippen LogP contribution in [0.5, 0.6) is 0 Å². The molecule has 0 aliphatic rings. The van der Waals surface area contributed by atoms with E-state index in [1.165, 1.54) is 243 Å². The molecule has 0 bridgehead atoms. The molecule has 0 aliphatic carbocycles. The van der Waals surface area contributed by atoms with Crippen LogP contribution in [0.3, 0.4) is 0 Å². The highest BCUT2D eigenvalue weighted by Gasteiger charge is 2.19. The molecule has 1 rings (SSSR count). The predicted molar refractivity (Wildman–Crippen MR) is 218 cm³/mol. The van der Waals surface area contributed by atoms with E-state index >= 15 is 0 Å². The molecule has 0 N–H and O–H groups in total. The van der Waals surface area contributed by atoms with Gasteiger partial charge in [0.25, 0.3) is 0 Å². The average molecular weight is 671 g/mol. The summed E-state index contributed by atoms with van der Waals surface area (Å²) >= 11 is 0. The van der Waals surface area contributed by atoms with Crippen LogP contribution in [0.1, 0.15) is 283 Å². The van der Waals surface area contributed by atoms with Gasteiger partial charge in [0.15, 0.2) is 0 Å². The van der Waals surface area contributed by atoms with Crippen LogP contribution in [0, 0.1) is 0 Å². The number of aromatic nitrogens is 2. The number of nitrogens with zero attached hydrogens (tertiary/aromatic N) is 2. The molecule has 0 aromatic carbocycles. The number of hydrogen-bond donors (Lipinski definition) is 0. The minimum absolute atomic E-state index is 0.586. The fourth-order valence-electron chi connectivity index (χ4n) is 7.95. The van der Waals surface area contributed by atoms with E-state index < -0.39 is 0 Å². The van der Waals surface area contributed by atoms with Gasteiger partial charge in [-0.2, -0.15) is 0 Å². The summed E-state index contributed by atoms with van der Waals surface area (Å²) in [5.74, 6) is 2.07. The molecule has 2 atom stereocenters. The number of hydrogen-bond acceptors (Lipinski definition) is 1. The lowest BCUT2D eigenvalue weighted by atomic mass is 9.92. The summed E-state index contributed by atoms with van der Waals surface area (Å²) in [6.07, 6.45) is 57.1. The lowest BCUT2D eigenvalue weighted by molar-refractivity contribution is 0.412. The molecule has 2 heteroatoms. The highest BCUT2D eigenvalue weighted by Crippen LogP contribution is 2.31. The van der Waals surface area contributed by atoms with Crippen molar-refractivity contribution in [2.75, 3.05) is 0 Å². The molecule has 1 aromatic rings. The van der Waals surface area contributed by atoms with E-state index in [0.717, 1.165) is 0 Å². The highest BCUT2D eigenvalue weighted by atomic mass is 15.1. The average Bonchev–Trinajstić information content (AvgIpc) is 3.59. The zero-order valence-electron chi connectivity index (χ0n) is 33.9. The summed E-state index contributed by atoms with van der Waals surface area (Å²) in [4.78, 5) is 5.05. The molecule has 0 amide bonds. The molecule has 0 saturated heterocycles. The van der Waals surface area contributed by atoms with Crippen molar-refractivity contribution < 1.29 is 0 Å². The van der Waals surface area contributed by atoms with Gasteiger partial charge in [0.1, 0.15) is 5.82 Å². The van der Waals surface area contributed by atoms with Gasteiger partial charge in [-0.05, 0) is 26.2 Å². The van der Waals surface area contributed by atoms with Gasteiger partial charge in [0.05, 0.1) is 0 Å². The molecule has 2 unspecified atom stereocenters. The van der Waals surface area contributed by atoms with Crippen LogP contribution in [-0.4, -0.2) is 9.55 Å². The Labute approximate surface area is 304 Å². The molecular formula is C46H90N2. The maximum atomic E-state index is 5.05. The van der Waals surface area contributed by atoms with Crippen LogP contribution in [0.25, 0.3) is 0 Å². The van der Waals surface area contributed by atoms with Crippen LogP contribution < -0.4 is 0 Å². The molecule has 0 saturated carbocycles. The number of imidazole rings is 1. The molecule has 0 aliphatic heterocycles. The second-order valence-corrected chi connectivity index (χ2v) is 16.1. The van der Waals surface area contributed by atoms with Gasteiger partial charge in [-0.1, -0.05) is 239 Å². The standard InChI is InChI=1S/C46H90N2/c1-5-8-11-14-17-20-22-24-25-27-29-32-35-38-41-45(40-37-34-31-28-26-23-21-18-15-12-9-6-2)46-47-42-43-48(46)44(4)39-36-33-30-19-16-13-10-7-3/h42-45H,5-41H2,1-4H3. The zero-order valence-corrected chi connectivity index (χ0v) is 33.9. The second-order valence-electron chi connectivity index (χ2n) is 16.1. The quantitative estimate of drug-likeness (QED) is 0.0637. The Bertz CT molecular complexity index is 738. The first-order valence-electron chi connectivity index (χ1n) is 22.8. The first-order valence-corrected chi connectivity index (χ1v) is 22.8. The maximum Gasteiger partial charge on any atom is 0.111 e. The molecule has 0 radical (unpaired) electrons. The van der Waals surface area contributed by atoms with Crippen LogP contribution in [-0.2, 0) is 0 Å². The van der Waals surface area contributed by atoms with Gasteiger partial charge in [0, 0.05) is 24.4 Å². The monoisotopic (exact) mass is 671 g/mol. The Morgan fingerprint density at radius 2 is 0.667 bits per heavy atom. The van der Waals surface area contributed by atoms with Crippen molar-refractivity contribution in [1.82, 2.24) is 9.55 Å². The Balaban J connectivity index is 2.38. The molecule has 1 heterocycles. The Hall–Kier alpha value is -0.790. The number of rotatable bonds is 39. The first kappa shape index (κ1) is 45.2. The third-order valence-corrected chi connectivity index (χ3v) is 11.3. The largest absolute Gasteiger partial charge is 0.332 e. The minimum Gasteiger partial charge on any atom is -0.332 e. The molecular weight excluding hydrogens is 581 g/mol. The highest BCUT2D eigenvalue weighted by molar-refractivity contribution is 5.02. The van der Waals surface area contributed by atoms with Crippen molar-refractivity contribution in [3.05, 3.63) is 18.2 Å². The van der Waals surface area contributed by atoms with Crippen molar-refractivity contribution in [1.29, 1.82) is 0 Å². The van der Waals surface area contributed by atoms with E-state index in [2.05, 4.69) is 44.7 Å². The van der Waals surface area contributed by atoms with Crippen molar-refractivity contribution in [3.63, 3.8) is 0 Å². The van der Waals surface area contributed by atoms with Gasteiger partial charge >= 0.3 is 0 Å². The van der Waals surface area contributed by atoms with Gasteiger partial charge in [-0.15, -0.1) is 0 Å². The van der Waals surface area contributed by atoms with E-state index in [-0.39, 0.29) is 0 Å². The summed E-state index contributed by atoms with van der Waals surface area (Å²) in [5, 5.41) is 0. The topological polar surface area (TPSA) is 17.8 Å². The fraction of sp³-hybridized carbons (Fsp3) is 0.935. The molecule has 0 fully saturated rings. The van der Waals surface area contributed by atoms with Crippen molar-refractivity contribution in [2.45, 2.75) is 277 Å². The Kier molecular flexibility index (Phi) is 33.9. The van der Waals surface area contributed by atoms with Gasteiger partial charge in [-0.25, -0.2) is 4.98 Å². The predicted octanol–water partition coefficient (Wildman–Crippen LogP) is 17.0. The summed E-state index contributed by atoms with van der Waals surface area (Å²) in [6.45, 7) is 9.40. The van der Waals surface area contributed by atoms with Gasteiger partial charge < -0.3 is 4.57 Å².